The fourth-order valence-electron chi connectivity index (χ4n) is 4.45. The van der Waals surface area contributed by atoms with E-state index < -0.39 is 18.3 Å². The van der Waals surface area contributed by atoms with Gasteiger partial charge < -0.3 is 19.9 Å². The molecule has 0 bridgehead atoms. The van der Waals surface area contributed by atoms with E-state index in [0.717, 1.165) is 11.8 Å². The molecule has 8 nitrogen and oxygen atoms in total. The lowest BCUT2D eigenvalue weighted by Gasteiger charge is -2.35. The largest absolute Gasteiger partial charge is 0.372 e. The second-order valence-corrected chi connectivity index (χ2v) is 9.15. The minimum absolute atomic E-state index is 0.0572. The molecule has 0 saturated carbocycles. The maximum absolute atomic E-state index is 13.8. The van der Waals surface area contributed by atoms with Crippen LogP contribution in [0.4, 0.5) is 35.1 Å². The fraction of sp³-hybridized carbons (Fsp3) is 0.565. The summed E-state index contributed by atoms with van der Waals surface area (Å²) in [5.74, 6) is -3.58. The van der Waals surface area contributed by atoms with Gasteiger partial charge in [0.2, 0.25) is 5.95 Å². The third kappa shape index (κ3) is 5.98. The van der Waals surface area contributed by atoms with Crippen LogP contribution in [-0.2, 0) is 15.5 Å². The van der Waals surface area contributed by atoms with Crippen LogP contribution in [-0.4, -0.2) is 70.6 Å². The number of likely N-dealkylation sites (tertiary alicyclic amines) is 1. The van der Waals surface area contributed by atoms with Crippen molar-refractivity contribution >= 4 is 23.5 Å². The number of aromatic nitrogens is 3. The number of nitrogens with one attached hydrogen (secondary N) is 1. The minimum atomic E-state index is -3.06. The van der Waals surface area contributed by atoms with Gasteiger partial charge >= 0.3 is 6.43 Å². The molecule has 2 aromatic heterocycles. The maximum atomic E-state index is 13.8. The zero-order chi connectivity index (χ0) is 25.3. The van der Waals surface area contributed by atoms with Gasteiger partial charge in [-0.05, 0) is 32.4 Å². The predicted molar refractivity (Wildman–Crippen MR) is 121 cm³/mol. The first kappa shape index (κ1) is 25.1. The monoisotopic (exact) mass is 496 g/mol. The van der Waals surface area contributed by atoms with Crippen LogP contribution < -0.4 is 10.2 Å². The first-order valence-electron chi connectivity index (χ1n) is 11.5. The smallest absolute Gasteiger partial charge is 0.315 e. The van der Waals surface area contributed by atoms with Gasteiger partial charge in [0, 0.05) is 56.8 Å². The molecule has 4 heterocycles. The molecule has 0 radical (unpaired) electrons. The number of pyridine rings is 1. The second kappa shape index (κ2) is 9.92. The highest BCUT2D eigenvalue weighted by atomic mass is 19.3. The van der Waals surface area contributed by atoms with Crippen LogP contribution in [0.25, 0.3) is 0 Å². The van der Waals surface area contributed by atoms with Crippen LogP contribution in [0, 0.1) is 0 Å². The second-order valence-electron chi connectivity index (χ2n) is 9.15. The minimum Gasteiger partial charge on any atom is -0.372 e. The van der Waals surface area contributed by atoms with Gasteiger partial charge in [0.25, 0.3) is 11.8 Å². The molecule has 2 fully saturated rings. The number of anilines is 3. The Labute approximate surface area is 200 Å². The number of alkyl halides is 4. The van der Waals surface area contributed by atoms with Gasteiger partial charge in [-0.15, -0.1) is 0 Å². The molecule has 0 aliphatic carbocycles. The summed E-state index contributed by atoms with van der Waals surface area (Å²) in [4.78, 5) is 28.3. The third-order valence-electron chi connectivity index (χ3n) is 6.06. The van der Waals surface area contributed by atoms with Crippen molar-refractivity contribution in [2.75, 3.05) is 36.4 Å². The average molecular weight is 497 g/mol. The summed E-state index contributed by atoms with van der Waals surface area (Å²) >= 11 is 0. The molecule has 12 heteroatoms. The highest BCUT2D eigenvalue weighted by Gasteiger charge is 2.33. The number of rotatable bonds is 6. The van der Waals surface area contributed by atoms with Crippen LogP contribution in [0.3, 0.4) is 0 Å². The number of nitrogens with zero attached hydrogens (tertiary/aromatic N) is 5. The molecule has 190 valence electrons. The van der Waals surface area contributed by atoms with Crippen LogP contribution in [0.2, 0.25) is 0 Å². The molecule has 35 heavy (non-hydrogen) atoms. The summed E-state index contributed by atoms with van der Waals surface area (Å²) in [5, 5.41) is 2.98. The Kier molecular flexibility index (Phi) is 7.11. The zero-order valence-corrected chi connectivity index (χ0v) is 19.7. The van der Waals surface area contributed by atoms with E-state index in [1.165, 1.54) is 18.3 Å². The third-order valence-corrected chi connectivity index (χ3v) is 6.06. The van der Waals surface area contributed by atoms with Crippen molar-refractivity contribution in [2.45, 2.75) is 57.7 Å². The van der Waals surface area contributed by atoms with Crippen LogP contribution in [0.5, 0.6) is 0 Å². The topological polar surface area (TPSA) is 83.5 Å². The number of carbonyl (C=O) groups excluding carboxylic acids is 1. The van der Waals surface area contributed by atoms with Gasteiger partial charge in [0.05, 0.1) is 17.9 Å². The highest BCUT2D eigenvalue weighted by Crippen LogP contribution is 2.32. The van der Waals surface area contributed by atoms with Gasteiger partial charge in [-0.25, -0.2) is 18.7 Å². The molecule has 4 rings (SSSR count). The molecule has 3 unspecified atom stereocenters. The van der Waals surface area contributed by atoms with E-state index in [9.17, 15) is 22.4 Å². The van der Waals surface area contributed by atoms with E-state index in [2.05, 4.69) is 15.3 Å². The summed E-state index contributed by atoms with van der Waals surface area (Å²) in [7, 11) is 0. The number of hydrogen-bond donors (Lipinski definition) is 1. The van der Waals surface area contributed by atoms with E-state index in [1.54, 1.807) is 6.07 Å². The summed E-state index contributed by atoms with van der Waals surface area (Å²) in [6.07, 6.45) is -1.41. The Morgan fingerprint density at radius 1 is 1.14 bits per heavy atom. The number of halogens is 4. The van der Waals surface area contributed by atoms with E-state index in [1.807, 2.05) is 18.7 Å². The number of ether oxygens (including phenoxy) is 1. The maximum Gasteiger partial charge on any atom is 0.315 e. The molecule has 1 N–H and O–H groups in total. The Morgan fingerprint density at radius 2 is 1.86 bits per heavy atom. The highest BCUT2D eigenvalue weighted by molar-refractivity contribution is 5.79. The molecule has 2 aliphatic rings. The zero-order valence-electron chi connectivity index (χ0n) is 19.7. The van der Waals surface area contributed by atoms with Crippen molar-refractivity contribution in [3.05, 3.63) is 35.7 Å². The van der Waals surface area contributed by atoms with Gasteiger partial charge in [0.15, 0.2) is 0 Å². The van der Waals surface area contributed by atoms with Crippen LogP contribution in [0.15, 0.2) is 24.4 Å². The van der Waals surface area contributed by atoms with Crippen molar-refractivity contribution in [1.82, 2.24) is 19.9 Å². The SMILES string of the molecule is CC1CN(c2nc(Nc3cc(C(C)(F)F)ccn3)cc(C3CCN(C(=O)C(F)F)C3)n2)CC(C)O1. The number of hydrogen-bond acceptors (Lipinski definition) is 7. The number of morpholine rings is 1. The first-order valence-corrected chi connectivity index (χ1v) is 11.5. The lowest BCUT2D eigenvalue weighted by Crippen LogP contribution is -2.46. The summed E-state index contributed by atoms with van der Waals surface area (Å²) in [6, 6.07) is 4.14. The average Bonchev–Trinajstić information content (AvgIpc) is 3.27. The molecule has 2 aromatic rings. The quantitative estimate of drug-likeness (QED) is 0.607. The predicted octanol–water partition coefficient (Wildman–Crippen LogP) is 3.92. The number of amides is 1. The van der Waals surface area contributed by atoms with Gasteiger partial charge in [-0.1, -0.05) is 0 Å². The summed E-state index contributed by atoms with van der Waals surface area (Å²) < 4.78 is 59.2. The van der Waals surface area contributed by atoms with Crippen molar-refractivity contribution in [2.24, 2.45) is 0 Å². The van der Waals surface area contributed by atoms with E-state index in [0.29, 0.717) is 37.0 Å². The molecular weight excluding hydrogens is 468 g/mol. The lowest BCUT2D eigenvalue weighted by molar-refractivity contribution is -0.141. The fourth-order valence-corrected chi connectivity index (χ4v) is 4.45. The Hall–Kier alpha value is -3.02. The molecule has 1 amide bonds. The summed E-state index contributed by atoms with van der Waals surface area (Å²) in [5.41, 5.74) is 0.378. The first-order chi connectivity index (χ1) is 16.5. The Bertz CT molecular complexity index is 1060. The van der Waals surface area contributed by atoms with E-state index >= 15 is 0 Å². The molecule has 2 aliphatic heterocycles. The van der Waals surface area contributed by atoms with Crippen LogP contribution in [0.1, 0.15) is 44.4 Å². The number of carbonyl (C=O) groups is 1. The van der Waals surface area contributed by atoms with Gasteiger partial charge in [-0.2, -0.15) is 13.8 Å². The molecule has 2 saturated heterocycles. The van der Waals surface area contributed by atoms with Crippen molar-refractivity contribution in [3.63, 3.8) is 0 Å². The molecular formula is C23H28F4N6O2. The van der Waals surface area contributed by atoms with E-state index in [-0.39, 0.29) is 42.6 Å². The Balaban J connectivity index is 1.65. The van der Waals surface area contributed by atoms with Crippen molar-refractivity contribution in [1.29, 1.82) is 0 Å². The molecule has 0 spiro atoms. The summed E-state index contributed by atoms with van der Waals surface area (Å²) in [6.45, 7) is 6.10. The standard InChI is InChI=1S/C23H28F4N6O2/c1-13-10-33(11-14(2)35-13)22-29-17(15-5-7-32(12-15)21(34)20(24)25)9-19(31-22)30-18-8-16(4-6-28-18)23(3,26)27/h4,6,8-9,13-15,20H,5,7,10-12H2,1-3H3,(H,28,29,30,31). The van der Waals surface area contributed by atoms with E-state index in [4.69, 9.17) is 9.72 Å². The lowest BCUT2D eigenvalue weighted by atomic mass is 10.0. The molecule has 0 aromatic carbocycles. The van der Waals surface area contributed by atoms with Crippen molar-refractivity contribution in [3.8, 4) is 0 Å². The van der Waals surface area contributed by atoms with Gasteiger partial charge in [0.1, 0.15) is 11.6 Å². The molecule has 3 atom stereocenters. The van der Waals surface area contributed by atoms with Crippen LogP contribution >= 0.6 is 0 Å². The normalized spacial score (nSPS) is 23.1. The van der Waals surface area contributed by atoms with Crippen molar-refractivity contribution < 1.29 is 27.1 Å². The Morgan fingerprint density at radius 3 is 2.51 bits per heavy atom. The van der Waals surface area contributed by atoms with Gasteiger partial charge in [-0.3, -0.25) is 4.79 Å².